The summed E-state index contributed by atoms with van der Waals surface area (Å²) in [5.41, 5.74) is -0.933. The van der Waals surface area contributed by atoms with Gasteiger partial charge in [-0.2, -0.15) is 0 Å². The largest absolute Gasteiger partial charge is 0.480 e. The first-order valence-corrected chi connectivity index (χ1v) is 5.91. The van der Waals surface area contributed by atoms with Crippen molar-refractivity contribution in [2.45, 2.75) is 51.4 Å². The number of hydrogen-bond acceptors (Lipinski definition) is 4. The van der Waals surface area contributed by atoms with E-state index in [9.17, 15) is 9.59 Å². The predicted molar refractivity (Wildman–Crippen MR) is 64.5 cm³/mol. The van der Waals surface area contributed by atoms with Crippen molar-refractivity contribution in [3.05, 3.63) is 0 Å². The van der Waals surface area contributed by atoms with Crippen molar-refractivity contribution < 1.29 is 24.5 Å². The van der Waals surface area contributed by atoms with Crippen LogP contribution in [0.1, 0.15) is 34.1 Å². The highest BCUT2D eigenvalue weighted by atomic mass is 16.5. The van der Waals surface area contributed by atoms with Gasteiger partial charge < -0.3 is 14.9 Å². The molecule has 1 atom stereocenters. The smallest absolute Gasteiger partial charge is 0.317 e. The highest BCUT2D eigenvalue weighted by Gasteiger charge is 2.48. The van der Waals surface area contributed by atoms with Gasteiger partial charge in [0.15, 0.2) is 0 Å². The fourth-order valence-corrected chi connectivity index (χ4v) is 2.73. The van der Waals surface area contributed by atoms with Gasteiger partial charge in [-0.05, 0) is 34.1 Å². The molecule has 1 fully saturated rings. The molecule has 0 aliphatic carbocycles. The molecule has 1 heterocycles. The van der Waals surface area contributed by atoms with Gasteiger partial charge in [0.2, 0.25) is 0 Å². The van der Waals surface area contributed by atoms with Gasteiger partial charge >= 0.3 is 11.9 Å². The van der Waals surface area contributed by atoms with Gasteiger partial charge in [-0.1, -0.05) is 0 Å². The number of carbonyl (C=O) groups is 2. The maximum atomic E-state index is 10.8. The molecule has 0 aromatic carbocycles. The Morgan fingerprint density at radius 3 is 1.89 bits per heavy atom. The Kier molecular flexibility index (Phi) is 4.02. The molecule has 0 amide bonds. The SMILES string of the molecule is CC1(C)CC(N(CC(=O)O)CC(=O)O)C(C)(C)O1. The highest BCUT2D eigenvalue weighted by Crippen LogP contribution is 2.39. The van der Waals surface area contributed by atoms with Gasteiger partial charge in [0.05, 0.1) is 24.3 Å². The van der Waals surface area contributed by atoms with Crippen LogP contribution in [0.2, 0.25) is 0 Å². The van der Waals surface area contributed by atoms with Crippen molar-refractivity contribution in [1.82, 2.24) is 4.90 Å². The van der Waals surface area contributed by atoms with Crippen molar-refractivity contribution in [1.29, 1.82) is 0 Å². The molecule has 6 nitrogen and oxygen atoms in total. The van der Waals surface area contributed by atoms with E-state index in [0.717, 1.165) is 0 Å². The lowest BCUT2D eigenvalue weighted by Crippen LogP contribution is -2.50. The summed E-state index contributed by atoms with van der Waals surface area (Å²) in [5, 5.41) is 17.8. The van der Waals surface area contributed by atoms with Gasteiger partial charge in [-0.3, -0.25) is 14.5 Å². The first kappa shape index (κ1) is 14.9. The molecule has 0 bridgehead atoms. The van der Waals surface area contributed by atoms with Gasteiger partial charge in [-0.15, -0.1) is 0 Å². The summed E-state index contributed by atoms with van der Waals surface area (Å²) in [5.74, 6) is -2.06. The third-order valence-corrected chi connectivity index (χ3v) is 3.14. The van der Waals surface area contributed by atoms with Gasteiger partial charge in [-0.25, -0.2) is 0 Å². The van der Waals surface area contributed by atoms with E-state index in [1.165, 1.54) is 4.90 Å². The molecule has 6 heteroatoms. The number of rotatable bonds is 5. The Balaban J connectivity index is 2.90. The van der Waals surface area contributed by atoms with E-state index in [1.54, 1.807) is 0 Å². The molecule has 1 rings (SSSR count). The lowest BCUT2D eigenvalue weighted by atomic mass is 9.93. The number of ether oxygens (including phenoxy) is 1. The molecule has 1 aliphatic rings. The molecule has 1 aliphatic heterocycles. The zero-order valence-corrected chi connectivity index (χ0v) is 11.3. The number of hydrogen-bond donors (Lipinski definition) is 2. The number of carboxylic acids is 2. The summed E-state index contributed by atoms with van der Waals surface area (Å²) in [7, 11) is 0. The van der Waals surface area contributed by atoms with Crippen LogP contribution in [0.15, 0.2) is 0 Å². The fraction of sp³-hybridized carbons (Fsp3) is 0.833. The molecule has 1 saturated heterocycles. The number of aliphatic carboxylic acids is 2. The van der Waals surface area contributed by atoms with E-state index in [-0.39, 0.29) is 24.7 Å². The molecule has 2 N–H and O–H groups in total. The molecule has 0 spiro atoms. The summed E-state index contributed by atoms with van der Waals surface area (Å²) in [4.78, 5) is 23.1. The minimum Gasteiger partial charge on any atom is -0.480 e. The molecule has 0 aromatic heterocycles. The molecule has 18 heavy (non-hydrogen) atoms. The van der Waals surface area contributed by atoms with Crippen LogP contribution in [0.5, 0.6) is 0 Å². The standard InChI is InChI=1S/C12H21NO5/c1-11(2)5-8(12(3,4)18-11)13(6-9(14)15)7-10(16)17/h8H,5-7H2,1-4H3,(H,14,15)(H,16,17). The Morgan fingerprint density at radius 1 is 1.17 bits per heavy atom. The van der Waals surface area contributed by atoms with Crippen LogP contribution >= 0.6 is 0 Å². The zero-order chi connectivity index (χ0) is 14.1. The van der Waals surface area contributed by atoms with Crippen LogP contribution in [-0.4, -0.2) is 57.4 Å². The molecule has 0 radical (unpaired) electrons. The van der Waals surface area contributed by atoms with E-state index in [4.69, 9.17) is 14.9 Å². The van der Waals surface area contributed by atoms with Crippen molar-refractivity contribution in [2.24, 2.45) is 0 Å². The minimum atomic E-state index is -1.03. The number of nitrogens with zero attached hydrogens (tertiary/aromatic N) is 1. The maximum Gasteiger partial charge on any atom is 0.317 e. The van der Waals surface area contributed by atoms with Crippen molar-refractivity contribution in [2.75, 3.05) is 13.1 Å². The Hall–Kier alpha value is -1.14. The van der Waals surface area contributed by atoms with Crippen LogP contribution in [0.4, 0.5) is 0 Å². The summed E-state index contributed by atoms with van der Waals surface area (Å²) in [6.45, 7) is 6.99. The third kappa shape index (κ3) is 3.68. The second-order valence-corrected chi connectivity index (χ2v) is 5.88. The molecule has 0 aromatic rings. The van der Waals surface area contributed by atoms with Gasteiger partial charge in [0.25, 0.3) is 0 Å². The fourth-order valence-electron chi connectivity index (χ4n) is 2.73. The third-order valence-electron chi connectivity index (χ3n) is 3.14. The first-order chi connectivity index (χ1) is 8.03. The van der Waals surface area contributed by atoms with Crippen molar-refractivity contribution in [3.8, 4) is 0 Å². The zero-order valence-electron chi connectivity index (χ0n) is 11.3. The maximum absolute atomic E-state index is 10.8. The average molecular weight is 259 g/mol. The quantitative estimate of drug-likeness (QED) is 0.759. The lowest BCUT2D eigenvalue weighted by Gasteiger charge is -2.34. The van der Waals surface area contributed by atoms with Crippen molar-refractivity contribution in [3.63, 3.8) is 0 Å². The predicted octanol–water partition coefficient (Wildman–Crippen LogP) is 0.804. The molecular weight excluding hydrogens is 238 g/mol. The minimum absolute atomic E-state index is 0.223. The average Bonchev–Trinajstić information content (AvgIpc) is 2.31. The monoisotopic (exact) mass is 259 g/mol. The van der Waals surface area contributed by atoms with E-state index < -0.39 is 17.5 Å². The van der Waals surface area contributed by atoms with E-state index in [2.05, 4.69) is 0 Å². The Labute approximate surface area is 107 Å². The summed E-state index contributed by atoms with van der Waals surface area (Å²) < 4.78 is 5.87. The number of carboxylic acid groups (broad SMARTS) is 2. The molecular formula is C12H21NO5. The topological polar surface area (TPSA) is 87.1 Å². The molecule has 104 valence electrons. The summed E-state index contributed by atoms with van der Waals surface area (Å²) in [6.07, 6.45) is 0.612. The highest BCUT2D eigenvalue weighted by molar-refractivity contribution is 5.72. The van der Waals surface area contributed by atoms with Crippen LogP contribution in [0.25, 0.3) is 0 Å². The second-order valence-electron chi connectivity index (χ2n) is 5.88. The van der Waals surface area contributed by atoms with Crippen LogP contribution in [0.3, 0.4) is 0 Å². The molecule has 0 saturated carbocycles. The van der Waals surface area contributed by atoms with E-state index in [0.29, 0.717) is 6.42 Å². The van der Waals surface area contributed by atoms with Crippen LogP contribution < -0.4 is 0 Å². The Bertz CT molecular complexity index is 334. The van der Waals surface area contributed by atoms with Crippen molar-refractivity contribution >= 4 is 11.9 Å². The van der Waals surface area contributed by atoms with Crippen LogP contribution in [-0.2, 0) is 14.3 Å². The van der Waals surface area contributed by atoms with E-state index in [1.807, 2.05) is 27.7 Å². The van der Waals surface area contributed by atoms with Gasteiger partial charge in [0, 0.05) is 6.04 Å². The lowest BCUT2D eigenvalue weighted by molar-refractivity contribution is -0.144. The summed E-state index contributed by atoms with van der Waals surface area (Å²) in [6, 6.07) is -0.223. The van der Waals surface area contributed by atoms with Crippen LogP contribution in [0, 0.1) is 0 Å². The first-order valence-electron chi connectivity index (χ1n) is 5.91. The van der Waals surface area contributed by atoms with Gasteiger partial charge in [0.1, 0.15) is 0 Å². The Morgan fingerprint density at radius 2 is 1.61 bits per heavy atom. The van der Waals surface area contributed by atoms with E-state index >= 15 is 0 Å². The normalized spacial score (nSPS) is 25.3. The second kappa shape index (κ2) is 4.85. The summed E-state index contributed by atoms with van der Waals surface area (Å²) >= 11 is 0. The molecule has 1 unspecified atom stereocenters.